The van der Waals surface area contributed by atoms with Gasteiger partial charge in [-0.15, -0.1) is 0 Å². The molecule has 0 fully saturated rings. The number of furan rings is 1. The zero-order valence-electron chi connectivity index (χ0n) is 12.6. The first-order valence-corrected chi connectivity index (χ1v) is 8.66. The molecule has 0 saturated heterocycles. The van der Waals surface area contributed by atoms with E-state index < -0.39 is 15.9 Å². The summed E-state index contributed by atoms with van der Waals surface area (Å²) in [7, 11) is -3.93. The van der Waals surface area contributed by atoms with Gasteiger partial charge in [-0.3, -0.25) is 4.79 Å². The number of anilines is 2. The van der Waals surface area contributed by atoms with Crippen molar-refractivity contribution in [1.82, 2.24) is 0 Å². The van der Waals surface area contributed by atoms with Gasteiger partial charge in [-0.05, 0) is 37.5 Å². The highest BCUT2D eigenvalue weighted by atomic mass is 32.2. The Kier molecular flexibility index (Phi) is 3.65. The van der Waals surface area contributed by atoms with Gasteiger partial charge < -0.3 is 15.1 Å². The van der Waals surface area contributed by atoms with Crippen molar-refractivity contribution in [2.45, 2.75) is 24.7 Å². The Bertz CT molecular complexity index is 886. The van der Waals surface area contributed by atoms with Crippen molar-refractivity contribution in [3.8, 4) is 0 Å². The Labute approximate surface area is 133 Å². The smallest absolute Gasteiger partial charge is 0.294 e. The number of amides is 1. The Balaban J connectivity index is 2.02. The van der Waals surface area contributed by atoms with E-state index in [1.165, 1.54) is 13.0 Å². The summed E-state index contributed by atoms with van der Waals surface area (Å²) in [6.07, 6.45) is 1.57. The van der Waals surface area contributed by atoms with Gasteiger partial charge in [-0.2, -0.15) is 0 Å². The molecule has 0 aliphatic carbocycles. The highest BCUT2D eigenvalue weighted by Crippen LogP contribution is 2.33. The summed E-state index contributed by atoms with van der Waals surface area (Å²) in [6, 6.07) is 6.57. The third-order valence-electron chi connectivity index (χ3n) is 3.92. The van der Waals surface area contributed by atoms with E-state index in [4.69, 9.17) is 15.3 Å². The number of sulfonamides is 1. The van der Waals surface area contributed by atoms with E-state index in [0.29, 0.717) is 12.2 Å². The number of nitrogen functional groups attached to an aromatic ring is 1. The first kappa shape index (κ1) is 15.6. The zero-order valence-corrected chi connectivity index (χ0v) is 13.4. The normalized spacial score (nSPS) is 14.6. The van der Waals surface area contributed by atoms with Crippen molar-refractivity contribution < 1.29 is 17.6 Å². The molecule has 0 bridgehead atoms. The van der Waals surface area contributed by atoms with Crippen LogP contribution in [0.5, 0.6) is 0 Å². The standard InChI is InChI=1S/C15H17N3O4S/c1-9-14(23(17,20)21)8-13(22-9)15(19)18-7-3-4-10-11(16)5-2-6-12(10)18/h2,5-6,8H,3-4,7,16H2,1H3,(H2,17,20,21). The number of hydrogen-bond donors (Lipinski definition) is 2. The molecular formula is C15H17N3O4S. The van der Waals surface area contributed by atoms with Crippen LogP contribution < -0.4 is 15.8 Å². The molecule has 0 atom stereocenters. The second-order valence-electron chi connectivity index (χ2n) is 5.48. The van der Waals surface area contributed by atoms with Crippen LogP contribution in [0.4, 0.5) is 11.4 Å². The Morgan fingerprint density at radius 1 is 1.35 bits per heavy atom. The predicted molar refractivity (Wildman–Crippen MR) is 85.7 cm³/mol. The molecule has 1 aliphatic heterocycles. The van der Waals surface area contributed by atoms with Crippen LogP contribution in [-0.4, -0.2) is 20.9 Å². The lowest BCUT2D eigenvalue weighted by atomic mass is 9.99. The number of carbonyl (C=O) groups excluding carboxylic acids is 1. The van der Waals surface area contributed by atoms with E-state index >= 15 is 0 Å². The topological polar surface area (TPSA) is 120 Å². The fourth-order valence-electron chi connectivity index (χ4n) is 2.85. The maximum absolute atomic E-state index is 12.7. The number of benzene rings is 1. The minimum absolute atomic E-state index is 0.0539. The molecule has 8 heteroatoms. The van der Waals surface area contributed by atoms with E-state index in [-0.39, 0.29) is 16.4 Å². The molecule has 4 N–H and O–H groups in total. The summed E-state index contributed by atoms with van der Waals surface area (Å²) in [5.41, 5.74) is 8.26. The number of carbonyl (C=O) groups is 1. The van der Waals surface area contributed by atoms with E-state index in [2.05, 4.69) is 0 Å². The van der Waals surface area contributed by atoms with Crippen molar-refractivity contribution in [3.63, 3.8) is 0 Å². The molecule has 0 spiro atoms. The molecule has 3 rings (SSSR count). The quantitative estimate of drug-likeness (QED) is 0.804. The first-order valence-electron chi connectivity index (χ1n) is 7.11. The van der Waals surface area contributed by atoms with Gasteiger partial charge in [0.1, 0.15) is 10.7 Å². The van der Waals surface area contributed by atoms with Crippen molar-refractivity contribution in [1.29, 1.82) is 0 Å². The zero-order chi connectivity index (χ0) is 16.8. The fraction of sp³-hybridized carbons (Fsp3) is 0.267. The first-order chi connectivity index (χ1) is 10.8. The Morgan fingerprint density at radius 3 is 2.74 bits per heavy atom. The number of aryl methyl sites for hydroxylation is 1. The summed E-state index contributed by atoms with van der Waals surface area (Å²) in [5.74, 6) is -0.364. The number of primary sulfonamides is 1. The molecular weight excluding hydrogens is 318 g/mol. The van der Waals surface area contributed by atoms with Gasteiger partial charge in [0, 0.05) is 24.0 Å². The lowest BCUT2D eigenvalue weighted by molar-refractivity contribution is 0.0957. The van der Waals surface area contributed by atoms with Gasteiger partial charge in [-0.25, -0.2) is 13.6 Å². The van der Waals surface area contributed by atoms with Gasteiger partial charge in [0.15, 0.2) is 5.76 Å². The van der Waals surface area contributed by atoms with Gasteiger partial charge in [0.2, 0.25) is 10.0 Å². The maximum Gasteiger partial charge on any atom is 0.294 e. The average molecular weight is 335 g/mol. The van der Waals surface area contributed by atoms with Crippen molar-refractivity contribution in [2.24, 2.45) is 5.14 Å². The third kappa shape index (κ3) is 2.71. The summed E-state index contributed by atoms with van der Waals surface area (Å²) >= 11 is 0. The van der Waals surface area contributed by atoms with Crippen LogP contribution in [0.3, 0.4) is 0 Å². The van der Waals surface area contributed by atoms with Gasteiger partial charge >= 0.3 is 0 Å². The largest absolute Gasteiger partial charge is 0.455 e. The lowest BCUT2D eigenvalue weighted by Gasteiger charge is -2.29. The number of nitrogens with zero attached hydrogens (tertiary/aromatic N) is 1. The lowest BCUT2D eigenvalue weighted by Crippen LogP contribution is -2.35. The molecule has 1 aromatic heterocycles. The molecule has 122 valence electrons. The van der Waals surface area contributed by atoms with Crippen LogP contribution in [0.25, 0.3) is 0 Å². The van der Waals surface area contributed by atoms with Crippen molar-refractivity contribution >= 4 is 27.3 Å². The average Bonchev–Trinajstić information content (AvgIpc) is 2.89. The van der Waals surface area contributed by atoms with Crippen LogP contribution >= 0.6 is 0 Å². The fourth-order valence-corrected chi connectivity index (χ4v) is 3.56. The summed E-state index contributed by atoms with van der Waals surface area (Å²) in [5, 5.41) is 5.12. The SMILES string of the molecule is Cc1oc(C(=O)N2CCCc3c(N)cccc32)cc1S(N)(=O)=O. The second kappa shape index (κ2) is 5.39. The van der Waals surface area contributed by atoms with Crippen LogP contribution in [0.2, 0.25) is 0 Å². The molecule has 23 heavy (non-hydrogen) atoms. The van der Waals surface area contributed by atoms with E-state index in [1.807, 2.05) is 6.07 Å². The number of fused-ring (bicyclic) bond motifs is 1. The number of nitrogens with two attached hydrogens (primary N) is 2. The minimum atomic E-state index is -3.93. The number of rotatable bonds is 2. The monoisotopic (exact) mass is 335 g/mol. The highest BCUT2D eigenvalue weighted by molar-refractivity contribution is 7.89. The summed E-state index contributed by atoms with van der Waals surface area (Å²) < 4.78 is 28.3. The number of hydrogen-bond acceptors (Lipinski definition) is 5. The van der Waals surface area contributed by atoms with Crippen LogP contribution in [0, 0.1) is 6.92 Å². The Morgan fingerprint density at radius 2 is 2.09 bits per heavy atom. The molecule has 0 unspecified atom stereocenters. The van der Waals surface area contributed by atoms with E-state index in [9.17, 15) is 13.2 Å². The van der Waals surface area contributed by atoms with Crippen molar-refractivity contribution in [3.05, 3.63) is 41.3 Å². The van der Waals surface area contributed by atoms with Crippen LogP contribution in [0.15, 0.2) is 33.6 Å². The molecule has 0 saturated carbocycles. The molecule has 1 aliphatic rings. The molecule has 7 nitrogen and oxygen atoms in total. The third-order valence-corrected chi connectivity index (χ3v) is 4.94. The van der Waals surface area contributed by atoms with Gasteiger partial charge in [0.25, 0.3) is 5.91 Å². The van der Waals surface area contributed by atoms with Gasteiger partial charge in [-0.1, -0.05) is 6.07 Å². The maximum atomic E-state index is 12.7. The van der Waals surface area contributed by atoms with Crippen molar-refractivity contribution in [2.75, 3.05) is 17.2 Å². The minimum Gasteiger partial charge on any atom is -0.455 e. The van der Waals surface area contributed by atoms with Gasteiger partial charge in [0.05, 0.1) is 0 Å². The molecule has 2 heterocycles. The van der Waals surface area contributed by atoms with Crippen LogP contribution in [-0.2, 0) is 16.4 Å². The molecule has 1 aromatic carbocycles. The second-order valence-corrected chi connectivity index (χ2v) is 7.01. The predicted octanol–water partition coefficient (Wildman–Crippen LogP) is 1.41. The van der Waals surface area contributed by atoms with E-state index in [0.717, 1.165) is 24.1 Å². The summed E-state index contributed by atoms with van der Waals surface area (Å²) in [4.78, 5) is 14.1. The molecule has 0 radical (unpaired) electrons. The highest BCUT2D eigenvalue weighted by Gasteiger charge is 2.28. The molecule has 2 aromatic rings. The Hall–Kier alpha value is -2.32. The summed E-state index contributed by atoms with van der Waals surface area (Å²) in [6.45, 7) is 1.97. The van der Waals surface area contributed by atoms with E-state index in [1.54, 1.807) is 17.0 Å². The van der Waals surface area contributed by atoms with Crippen LogP contribution in [0.1, 0.15) is 28.3 Å². The molecule has 1 amide bonds.